The number of aromatic hydroxyl groups is 1. The lowest BCUT2D eigenvalue weighted by Gasteiger charge is -2.15. The van der Waals surface area contributed by atoms with Crippen LogP contribution >= 0.6 is 0 Å². The zero-order valence-electron chi connectivity index (χ0n) is 11.0. The Morgan fingerprint density at radius 2 is 2.00 bits per heavy atom. The van der Waals surface area contributed by atoms with Crippen molar-refractivity contribution in [3.8, 4) is 5.75 Å². The van der Waals surface area contributed by atoms with Gasteiger partial charge in [0.1, 0.15) is 11.6 Å². The maximum absolute atomic E-state index is 9.57. The fraction of sp³-hybridized carbons (Fsp3) is 0.400. The molecule has 1 heterocycles. The molecule has 0 saturated carbocycles. The Bertz CT molecular complexity index is 521. The van der Waals surface area contributed by atoms with Crippen molar-refractivity contribution in [1.82, 2.24) is 4.98 Å². The summed E-state index contributed by atoms with van der Waals surface area (Å²) in [5.74, 6) is 1.80. The smallest absolute Gasteiger partial charge is 0.133 e. The van der Waals surface area contributed by atoms with Crippen LogP contribution in [0.4, 0.5) is 5.82 Å². The summed E-state index contributed by atoms with van der Waals surface area (Å²) in [6, 6.07) is 7.33. The SMILES string of the molecule is CCC(CC)CNc1nccc2ccc(O)cc12. The second-order valence-electron chi connectivity index (χ2n) is 4.63. The average molecular weight is 244 g/mol. The number of rotatable bonds is 5. The molecule has 96 valence electrons. The molecule has 2 aromatic rings. The number of anilines is 1. The number of pyridine rings is 1. The van der Waals surface area contributed by atoms with E-state index in [4.69, 9.17) is 0 Å². The molecule has 1 aromatic heterocycles. The molecule has 0 spiro atoms. The Balaban J connectivity index is 2.24. The Morgan fingerprint density at radius 3 is 2.72 bits per heavy atom. The zero-order valence-corrected chi connectivity index (χ0v) is 11.0. The molecule has 0 aliphatic rings. The van der Waals surface area contributed by atoms with E-state index in [1.807, 2.05) is 12.1 Å². The fourth-order valence-corrected chi connectivity index (χ4v) is 2.12. The van der Waals surface area contributed by atoms with Crippen LogP contribution in [0.25, 0.3) is 10.8 Å². The molecule has 3 nitrogen and oxygen atoms in total. The highest BCUT2D eigenvalue weighted by Gasteiger charge is 2.06. The van der Waals surface area contributed by atoms with Crippen molar-refractivity contribution in [2.45, 2.75) is 26.7 Å². The number of hydrogen-bond donors (Lipinski definition) is 2. The van der Waals surface area contributed by atoms with Crippen molar-refractivity contribution in [2.24, 2.45) is 5.92 Å². The molecule has 1 aromatic carbocycles. The Labute approximate surface area is 108 Å². The molecule has 0 atom stereocenters. The predicted octanol–water partition coefficient (Wildman–Crippen LogP) is 3.79. The van der Waals surface area contributed by atoms with Crippen LogP contribution in [0, 0.1) is 5.92 Å². The van der Waals surface area contributed by atoms with Gasteiger partial charge in [0.05, 0.1) is 0 Å². The Morgan fingerprint density at radius 1 is 1.22 bits per heavy atom. The van der Waals surface area contributed by atoms with E-state index < -0.39 is 0 Å². The molecule has 3 heteroatoms. The molecule has 2 rings (SSSR count). The molecule has 0 amide bonds. The zero-order chi connectivity index (χ0) is 13.0. The first-order valence-electron chi connectivity index (χ1n) is 6.56. The number of phenols is 1. The van der Waals surface area contributed by atoms with Gasteiger partial charge in [0, 0.05) is 18.1 Å². The predicted molar refractivity (Wildman–Crippen MR) is 76.0 cm³/mol. The van der Waals surface area contributed by atoms with Gasteiger partial charge in [-0.2, -0.15) is 0 Å². The normalized spacial score (nSPS) is 11.1. The standard InChI is InChI=1S/C15H20N2O/c1-3-11(4-2)10-17-15-14-9-13(18)6-5-12(14)7-8-16-15/h5-9,11,18H,3-4,10H2,1-2H3,(H,16,17). The highest BCUT2D eigenvalue weighted by molar-refractivity contribution is 5.92. The van der Waals surface area contributed by atoms with Gasteiger partial charge in [-0.3, -0.25) is 0 Å². The lowest BCUT2D eigenvalue weighted by molar-refractivity contribution is 0.476. The third-order valence-corrected chi connectivity index (χ3v) is 3.46. The van der Waals surface area contributed by atoms with Gasteiger partial charge in [-0.15, -0.1) is 0 Å². The third-order valence-electron chi connectivity index (χ3n) is 3.46. The van der Waals surface area contributed by atoms with Crippen molar-refractivity contribution >= 4 is 16.6 Å². The molecular weight excluding hydrogens is 224 g/mol. The van der Waals surface area contributed by atoms with Gasteiger partial charge in [0.25, 0.3) is 0 Å². The average Bonchev–Trinajstić information content (AvgIpc) is 2.40. The van der Waals surface area contributed by atoms with E-state index in [-0.39, 0.29) is 5.75 Å². The van der Waals surface area contributed by atoms with E-state index in [9.17, 15) is 5.11 Å². The fourth-order valence-electron chi connectivity index (χ4n) is 2.12. The van der Waals surface area contributed by atoms with Gasteiger partial charge in [0.2, 0.25) is 0 Å². The summed E-state index contributed by atoms with van der Waals surface area (Å²) in [5.41, 5.74) is 0. The molecule has 0 fully saturated rings. The summed E-state index contributed by atoms with van der Waals surface area (Å²) < 4.78 is 0. The summed E-state index contributed by atoms with van der Waals surface area (Å²) in [4.78, 5) is 4.37. The lowest BCUT2D eigenvalue weighted by Crippen LogP contribution is -2.13. The minimum atomic E-state index is 0.279. The topological polar surface area (TPSA) is 45.2 Å². The van der Waals surface area contributed by atoms with Crippen molar-refractivity contribution in [2.75, 3.05) is 11.9 Å². The highest BCUT2D eigenvalue weighted by atomic mass is 16.3. The van der Waals surface area contributed by atoms with E-state index in [1.165, 1.54) is 12.8 Å². The molecule has 0 radical (unpaired) electrons. The molecule has 0 unspecified atom stereocenters. The first kappa shape index (κ1) is 12.7. The van der Waals surface area contributed by atoms with E-state index in [0.29, 0.717) is 5.92 Å². The van der Waals surface area contributed by atoms with E-state index in [1.54, 1.807) is 18.3 Å². The first-order chi connectivity index (χ1) is 8.74. The van der Waals surface area contributed by atoms with Crippen LogP contribution < -0.4 is 5.32 Å². The van der Waals surface area contributed by atoms with Crippen molar-refractivity contribution in [1.29, 1.82) is 0 Å². The van der Waals surface area contributed by atoms with Crippen LogP contribution in [0.1, 0.15) is 26.7 Å². The van der Waals surface area contributed by atoms with Crippen LogP contribution in [-0.4, -0.2) is 16.6 Å². The van der Waals surface area contributed by atoms with Crippen molar-refractivity contribution in [3.63, 3.8) is 0 Å². The number of fused-ring (bicyclic) bond motifs is 1. The van der Waals surface area contributed by atoms with Crippen molar-refractivity contribution < 1.29 is 5.11 Å². The minimum Gasteiger partial charge on any atom is -0.508 e. The summed E-state index contributed by atoms with van der Waals surface area (Å²) in [7, 11) is 0. The Kier molecular flexibility index (Phi) is 4.03. The first-order valence-corrected chi connectivity index (χ1v) is 6.56. The third kappa shape index (κ3) is 2.73. The second-order valence-corrected chi connectivity index (χ2v) is 4.63. The van der Waals surface area contributed by atoms with Crippen LogP contribution in [-0.2, 0) is 0 Å². The quantitative estimate of drug-likeness (QED) is 0.841. The molecule has 2 N–H and O–H groups in total. The lowest BCUT2D eigenvalue weighted by atomic mass is 10.0. The van der Waals surface area contributed by atoms with Gasteiger partial charge < -0.3 is 10.4 Å². The van der Waals surface area contributed by atoms with Gasteiger partial charge in [-0.1, -0.05) is 32.8 Å². The number of nitrogens with one attached hydrogen (secondary N) is 1. The van der Waals surface area contributed by atoms with Crippen LogP contribution in [0.15, 0.2) is 30.5 Å². The largest absolute Gasteiger partial charge is 0.508 e. The second kappa shape index (κ2) is 5.71. The molecule has 0 aliphatic heterocycles. The van der Waals surface area contributed by atoms with E-state index in [0.717, 1.165) is 23.1 Å². The maximum Gasteiger partial charge on any atom is 0.133 e. The maximum atomic E-state index is 9.57. The van der Waals surface area contributed by atoms with Crippen LogP contribution in [0.2, 0.25) is 0 Å². The van der Waals surface area contributed by atoms with E-state index >= 15 is 0 Å². The number of nitrogens with zero attached hydrogens (tertiary/aromatic N) is 1. The number of benzene rings is 1. The summed E-state index contributed by atoms with van der Waals surface area (Å²) in [5, 5.41) is 15.0. The minimum absolute atomic E-state index is 0.279. The highest BCUT2D eigenvalue weighted by Crippen LogP contribution is 2.25. The number of aromatic nitrogens is 1. The monoisotopic (exact) mass is 244 g/mol. The number of hydrogen-bond acceptors (Lipinski definition) is 3. The molecule has 0 saturated heterocycles. The van der Waals surface area contributed by atoms with Gasteiger partial charge in [-0.25, -0.2) is 4.98 Å². The van der Waals surface area contributed by atoms with Gasteiger partial charge >= 0.3 is 0 Å². The summed E-state index contributed by atoms with van der Waals surface area (Å²) >= 11 is 0. The molecule has 0 bridgehead atoms. The van der Waals surface area contributed by atoms with Gasteiger partial charge in [-0.05, 0) is 29.5 Å². The van der Waals surface area contributed by atoms with Gasteiger partial charge in [0.15, 0.2) is 0 Å². The van der Waals surface area contributed by atoms with E-state index in [2.05, 4.69) is 24.1 Å². The molecule has 18 heavy (non-hydrogen) atoms. The molecule has 0 aliphatic carbocycles. The summed E-state index contributed by atoms with van der Waals surface area (Å²) in [6.07, 6.45) is 4.13. The Hall–Kier alpha value is -1.77. The summed E-state index contributed by atoms with van der Waals surface area (Å²) in [6.45, 7) is 5.34. The van der Waals surface area contributed by atoms with Crippen molar-refractivity contribution in [3.05, 3.63) is 30.5 Å². The van der Waals surface area contributed by atoms with Crippen LogP contribution in [0.5, 0.6) is 5.75 Å². The molecular formula is C15H20N2O. The number of phenolic OH excluding ortho intramolecular Hbond substituents is 1. The van der Waals surface area contributed by atoms with Crippen LogP contribution in [0.3, 0.4) is 0 Å².